The maximum absolute atomic E-state index is 12.7. The van der Waals surface area contributed by atoms with Gasteiger partial charge in [0, 0.05) is 23.7 Å². The van der Waals surface area contributed by atoms with Crippen molar-refractivity contribution in [1.29, 1.82) is 0 Å². The summed E-state index contributed by atoms with van der Waals surface area (Å²) < 4.78 is 2.00. The minimum atomic E-state index is -0.538. The average molecular weight is 444 g/mol. The molecule has 1 fully saturated rings. The number of nitrogens with zero attached hydrogens (tertiary/aromatic N) is 4. The van der Waals surface area contributed by atoms with Crippen LogP contribution in [0.5, 0.6) is 0 Å². The monoisotopic (exact) mass is 443 g/mol. The van der Waals surface area contributed by atoms with Crippen LogP contribution in [0.3, 0.4) is 0 Å². The van der Waals surface area contributed by atoms with E-state index in [0.717, 1.165) is 24.4 Å². The summed E-state index contributed by atoms with van der Waals surface area (Å²) in [4.78, 5) is 23.0. The van der Waals surface area contributed by atoms with Gasteiger partial charge in [-0.2, -0.15) is 0 Å². The molecule has 3 aromatic rings. The molecule has 0 radical (unpaired) electrons. The highest BCUT2D eigenvalue weighted by molar-refractivity contribution is 8.00. The van der Waals surface area contributed by atoms with Crippen LogP contribution < -0.4 is 5.32 Å². The third kappa shape index (κ3) is 4.31. The molecular weight excluding hydrogens is 426 g/mol. The Kier molecular flexibility index (Phi) is 5.74. The van der Waals surface area contributed by atoms with Gasteiger partial charge in [-0.15, -0.1) is 10.2 Å². The zero-order valence-electron chi connectivity index (χ0n) is 16.0. The van der Waals surface area contributed by atoms with Gasteiger partial charge in [-0.3, -0.25) is 19.5 Å². The first kappa shape index (κ1) is 20.4. The minimum absolute atomic E-state index is 0.109. The number of rotatable bonds is 7. The fourth-order valence-electron chi connectivity index (χ4n) is 2.95. The molecule has 0 saturated heterocycles. The SMILES string of the molecule is CC(Sc1nnc(C2CC2)n1-c1ccccc1)C(=O)Nc1ccc([N+](=O)[O-])cc1Cl. The number of hydrogen-bond acceptors (Lipinski definition) is 6. The van der Waals surface area contributed by atoms with E-state index < -0.39 is 10.2 Å². The lowest BCUT2D eigenvalue weighted by Gasteiger charge is -2.14. The van der Waals surface area contributed by atoms with Crippen molar-refractivity contribution >= 4 is 40.6 Å². The molecule has 30 heavy (non-hydrogen) atoms. The summed E-state index contributed by atoms with van der Waals surface area (Å²) in [5, 5.41) is 22.5. The van der Waals surface area contributed by atoms with E-state index in [2.05, 4.69) is 15.5 Å². The largest absolute Gasteiger partial charge is 0.324 e. The Morgan fingerprint density at radius 1 is 1.27 bits per heavy atom. The van der Waals surface area contributed by atoms with E-state index in [9.17, 15) is 14.9 Å². The van der Waals surface area contributed by atoms with Gasteiger partial charge in [-0.05, 0) is 38.0 Å². The first-order chi connectivity index (χ1) is 14.4. The number of aromatic nitrogens is 3. The molecule has 0 bridgehead atoms. The summed E-state index contributed by atoms with van der Waals surface area (Å²) in [6.45, 7) is 1.76. The number of nitro benzene ring substituents is 1. The number of carbonyl (C=O) groups is 1. The van der Waals surface area contributed by atoms with Crippen LogP contribution in [-0.4, -0.2) is 30.8 Å². The second-order valence-electron chi connectivity index (χ2n) is 6.96. The number of benzene rings is 2. The van der Waals surface area contributed by atoms with Gasteiger partial charge in [0.1, 0.15) is 5.82 Å². The van der Waals surface area contributed by atoms with E-state index in [1.165, 1.54) is 30.0 Å². The van der Waals surface area contributed by atoms with Crippen molar-refractivity contribution < 1.29 is 9.72 Å². The van der Waals surface area contributed by atoms with Gasteiger partial charge in [0.25, 0.3) is 5.69 Å². The molecule has 154 valence electrons. The smallest absolute Gasteiger partial charge is 0.271 e. The second kappa shape index (κ2) is 8.45. The first-order valence-electron chi connectivity index (χ1n) is 9.36. The molecule has 8 nitrogen and oxygen atoms in total. The van der Waals surface area contributed by atoms with E-state index in [4.69, 9.17) is 11.6 Å². The number of carbonyl (C=O) groups excluding carboxylic acids is 1. The maximum atomic E-state index is 12.7. The molecule has 2 aromatic carbocycles. The summed E-state index contributed by atoms with van der Waals surface area (Å²) in [7, 11) is 0. The highest BCUT2D eigenvalue weighted by Crippen LogP contribution is 2.41. The maximum Gasteiger partial charge on any atom is 0.271 e. The van der Waals surface area contributed by atoms with Crippen LogP contribution in [0, 0.1) is 10.1 Å². The fraction of sp³-hybridized carbons (Fsp3) is 0.250. The molecule has 1 aliphatic rings. The highest BCUT2D eigenvalue weighted by Gasteiger charge is 2.32. The van der Waals surface area contributed by atoms with Gasteiger partial charge in [-0.1, -0.05) is 41.6 Å². The van der Waals surface area contributed by atoms with Crippen LogP contribution in [0.2, 0.25) is 5.02 Å². The predicted molar refractivity (Wildman–Crippen MR) is 115 cm³/mol. The molecule has 4 rings (SSSR count). The second-order valence-corrected chi connectivity index (χ2v) is 8.67. The fourth-order valence-corrected chi connectivity index (χ4v) is 4.04. The Bertz CT molecular complexity index is 1100. The number of para-hydroxylation sites is 1. The van der Waals surface area contributed by atoms with Crippen LogP contribution in [0.15, 0.2) is 53.7 Å². The van der Waals surface area contributed by atoms with Gasteiger partial charge >= 0.3 is 0 Å². The highest BCUT2D eigenvalue weighted by atomic mass is 35.5. The summed E-state index contributed by atoms with van der Waals surface area (Å²) >= 11 is 7.38. The molecule has 1 saturated carbocycles. The summed E-state index contributed by atoms with van der Waals surface area (Å²) in [5.74, 6) is 1.02. The number of thioether (sulfide) groups is 1. The number of nitrogens with one attached hydrogen (secondary N) is 1. The Balaban J connectivity index is 1.52. The lowest BCUT2D eigenvalue weighted by Crippen LogP contribution is -2.23. The topological polar surface area (TPSA) is 103 Å². The molecule has 0 spiro atoms. The third-order valence-corrected chi connectivity index (χ3v) is 6.04. The zero-order valence-corrected chi connectivity index (χ0v) is 17.6. The molecule has 0 aliphatic heterocycles. The zero-order chi connectivity index (χ0) is 21.3. The van der Waals surface area contributed by atoms with Crippen LogP contribution >= 0.6 is 23.4 Å². The van der Waals surface area contributed by atoms with E-state index in [1.807, 2.05) is 34.9 Å². The Labute approximate surface area is 181 Å². The van der Waals surface area contributed by atoms with Crippen molar-refractivity contribution in [3.05, 3.63) is 69.5 Å². The van der Waals surface area contributed by atoms with Gasteiger partial charge in [-0.25, -0.2) is 0 Å². The third-order valence-electron chi connectivity index (χ3n) is 4.69. The lowest BCUT2D eigenvalue weighted by molar-refractivity contribution is -0.384. The van der Waals surface area contributed by atoms with E-state index in [0.29, 0.717) is 16.8 Å². The summed E-state index contributed by atoms with van der Waals surface area (Å²) in [6, 6.07) is 13.8. The first-order valence-corrected chi connectivity index (χ1v) is 10.6. The standard InChI is InChI=1S/C20H18ClN5O3S/c1-12(19(27)22-17-10-9-15(26(28)29)11-16(17)21)30-20-24-23-18(13-7-8-13)25(20)14-5-3-2-4-6-14/h2-6,9-13H,7-8H2,1H3,(H,22,27). The van der Waals surface area contributed by atoms with Crippen molar-refractivity contribution in [1.82, 2.24) is 14.8 Å². The van der Waals surface area contributed by atoms with E-state index >= 15 is 0 Å². The molecule has 1 amide bonds. The van der Waals surface area contributed by atoms with Gasteiger partial charge in [0.15, 0.2) is 5.16 Å². The number of amides is 1. The number of halogens is 1. The Morgan fingerprint density at radius 3 is 2.63 bits per heavy atom. The van der Waals surface area contributed by atoms with Crippen molar-refractivity contribution in [3.63, 3.8) is 0 Å². The van der Waals surface area contributed by atoms with Crippen LogP contribution in [0.25, 0.3) is 5.69 Å². The molecule has 1 unspecified atom stereocenters. The average Bonchev–Trinajstić information content (AvgIpc) is 3.50. The van der Waals surface area contributed by atoms with Crippen molar-refractivity contribution in [2.75, 3.05) is 5.32 Å². The lowest BCUT2D eigenvalue weighted by atomic mass is 10.2. The van der Waals surface area contributed by atoms with Gasteiger partial charge in [0.05, 0.1) is 20.9 Å². The molecular formula is C20H18ClN5O3S. The van der Waals surface area contributed by atoms with Gasteiger partial charge in [0.2, 0.25) is 5.91 Å². The number of non-ortho nitro benzene ring substituents is 1. The van der Waals surface area contributed by atoms with E-state index in [1.54, 1.807) is 6.92 Å². The molecule has 1 N–H and O–H groups in total. The summed E-state index contributed by atoms with van der Waals surface area (Å²) in [6.07, 6.45) is 2.18. The van der Waals surface area contributed by atoms with Crippen molar-refractivity contribution in [3.8, 4) is 5.69 Å². The van der Waals surface area contributed by atoms with E-state index in [-0.39, 0.29) is 16.6 Å². The Morgan fingerprint density at radius 2 is 2.00 bits per heavy atom. The molecule has 1 aromatic heterocycles. The number of nitro groups is 1. The molecule has 1 atom stereocenters. The summed E-state index contributed by atoms with van der Waals surface area (Å²) in [5.41, 5.74) is 1.14. The van der Waals surface area contributed by atoms with Crippen LogP contribution in [0.1, 0.15) is 31.5 Å². The minimum Gasteiger partial charge on any atom is -0.324 e. The van der Waals surface area contributed by atoms with Crippen molar-refractivity contribution in [2.24, 2.45) is 0 Å². The quantitative estimate of drug-likeness (QED) is 0.319. The predicted octanol–water partition coefficient (Wildman–Crippen LogP) is 4.83. The molecule has 10 heteroatoms. The number of anilines is 1. The molecule has 1 heterocycles. The van der Waals surface area contributed by atoms with Crippen molar-refractivity contribution in [2.45, 2.75) is 36.1 Å². The normalized spacial score (nSPS) is 14.3. The van der Waals surface area contributed by atoms with Gasteiger partial charge < -0.3 is 5.32 Å². The van der Waals surface area contributed by atoms with Crippen LogP contribution in [0.4, 0.5) is 11.4 Å². The number of hydrogen-bond donors (Lipinski definition) is 1. The Hall–Kier alpha value is -2.91. The van der Waals surface area contributed by atoms with Crippen LogP contribution in [-0.2, 0) is 4.79 Å². The molecule has 1 aliphatic carbocycles.